The highest BCUT2D eigenvalue weighted by atomic mass is 32.2. The van der Waals surface area contributed by atoms with Crippen LogP contribution in [0.2, 0.25) is 0 Å². The lowest BCUT2D eigenvalue weighted by molar-refractivity contribution is -0.152. The molecule has 1 saturated heterocycles. The second-order valence-corrected chi connectivity index (χ2v) is 7.47. The Balaban J connectivity index is 2.00. The number of carbonyl (C=O) groups excluding carboxylic acids is 1. The molecule has 0 aromatic heterocycles. The van der Waals surface area contributed by atoms with Crippen LogP contribution in [0.15, 0.2) is 24.3 Å². The molecule has 6 nitrogen and oxygen atoms in total. The SMILES string of the molecule is C[C@@]1(C(=O)NCc2ccc(F)cc2)CN(S(C)(=O)=O)CCO1. The van der Waals surface area contributed by atoms with E-state index in [4.69, 9.17) is 4.74 Å². The van der Waals surface area contributed by atoms with E-state index in [1.165, 1.54) is 16.4 Å². The average molecular weight is 330 g/mol. The number of morpholine rings is 1. The quantitative estimate of drug-likeness (QED) is 0.872. The van der Waals surface area contributed by atoms with E-state index in [2.05, 4.69) is 5.32 Å². The first-order valence-corrected chi connectivity index (χ1v) is 8.67. The van der Waals surface area contributed by atoms with Crippen LogP contribution in [0.3, 0.4) is 0 Å². The maximum absolute atomic E-state index is 12.8. The van der Waals surface area contributed by atoms with Gasteiger partial charge in [-0.25, -0.2) is 12.8 Å². The molecule has 1 atom stereocenters. The zero-order valence-corrected chi connectivity index (χ0v) is 13.3. The number of benzene rings is 1. The fraction of sp³-hybridized carbons (Fsp3) is 0.500. The molecule has 0 aliphatic carbocycles. The Kier molecular flexibility index (Phi) is 4.84. The van der Waals surface area contributed by atoms with Gasteiger partial charge in [0, 0.05) is 13.1 Å². The Bertz CT molecular complexity index is 647. The van der Waals surface area contributed by atoms with Crippen LogP contribution in [-0.4, -0.2) is 50.2 Å². The summed E-state index contributed by atoms with van der Waals surface area (Å²) in [5.74, 6) is -0.744. The molecule has 22 heavy (non-hydrogen) atoms. The Morgan fingerprint density at radius 3 is 2.64 bits per heavy atom. The van der Waals surface area contributed by atoms with Gasteiger partial charge < -0.3 is 10.1 Å². The second kappa shape index (κ2) is 6.31. The molecule has 1 aliphatic rings. The fourth-order valence-electron chi connectivity index (χ4n) is 2.23. The summed E-state index contributed by atoms with van der Waals surface area (Å²) in [6.07, 6.45) is 1.11. The first-order valence-electron chi connectivity index (χ1n) is 6.82. The number of amides is 1. The zero-order valence-electron chi connectivity index (χ0n) is 12.5. The second-order valence-electron chi connectivity index (χ2n) is 5.49. The van der Waals surface area contributed by atoms with E-state index in [1.54, 1.807) is 19.1 Å². The van der Waals surface area contributed by atoms with Gasteiger partial charge >= 0.3 is 0 Å². The summed E-state index contributed by atoms with van der Waals surface area (Å²) in [6, 6.07) is 5.77. The van der Waals surface area contributed by atoms with Gasteiger partial charge in [0.1, 0.15) is 5.82 Å². The highest BCUT2D eigenvalue weighted by molar-refractivity contribution is 7.88. The van der Waals surface area contributed by atoms with Crippen LogP contribution in [-0.2, 0) is 26.1 Å². The van der Waals surface area contributed by atoms with E-state index in [1.807, 2.05) is 0 Å². The van der Waals surface area contributed by atoms with E-state index in [9.17, 15) is 17.6 Å². The van der Waals surface area contributed by atoms with Crippen LogP contribution in [0.5, 0.6) is 0 Å². The summed E-state index contributed by atoms with van der Waals surface area (Å²) in [7, 11) is -3.37. The maximum atomic E-state index is 12.8. The van der Waals surface area contributed by atoms with Gasteiger partial charge in [0.15, 0.2) is 5.60 Å². The lowest BCUT2D eigenvalue weighted by atomic mass is 10.0. The molecule has 2 rings (SSSR count). The van der Waals surface area contributed by atoms with Gasteiger partial charge in [-0.1, -0.05) is 12.1 Å². The summed E-state index contributed by atoms with van der Waals surface area (Å²) in [5, 5.41) is 2.69. The van der Waals surface area contributed by atoms with Crippen molar-refractivity contribution in [2.24, 2.45) is 0 Å². The lowest BCUT2D eigenvalue weighted by Gasteiger charge is -2.37. The topological polar surface area (TPSA) is 75.7 Å². The maximum Gasteiger partial charge on any atom is 0.253 e. The van der Waals surface area contributed by atoms with Crippen LogP contribution in [0.4, 0.5) is 4.39 Å². The molecule has 1 heterocycles. The molecule has 1 aromatic rings. The number of ether oxygens (including phenoxy) is 1. The number of carbonyl (C=O) groups is 1. The van der Waals surface area contributed by atoms with Gasteiger partial charge in [-0.3, -0.25) is 4.79 Å². The van der Waals surface area contributed by atoms with Crippen molar-refractivity contribution in [2.45, 2.75) is 19.1 Å². The first kappa shape index (κ1) is 16.9. The molecule has 0 unspecified atom stereocenters. The molecule has 1 aromatic carbocycles. The summed E-state index contributed by atoms with van der Waals surface area (Å²) in [4.78, 5) is 12.3. The van der Waals surface area contributed by atoms with E-state index in [-0.39, 0.29) is 32.1 Å². The summed E-state index contributed by atoms with van der Waals surface area (Å²) in [6.45, 7) is 2.15. The molecule has 1 amide bonds. The molecule has 0 bridgehead atoms. The number of rotatable bonds is 4. The van der Waals surface area contributed by atoms with Crippen molar-refractivity contribution in [3.05, 3.63) is 35.6 Å². The number of nitrogens with zero attached hydrogens (tertiary/aromatic N) is 1. The smallest absolute Gasteiger partial charge is 0.253 e. The molecule has 1 N–H and O–H groups in total. The van der Waals surface area contributed by atoms with E-state index < -0.39 is 21.5 Å². The third-order valence-corrected chi connectivity index (χ3v) is 4.80. The van der Waals surface area contributed by atoms with E-state index in [0.29, 0.717) is 0 Å². The summed E-state index contributed by atoms with van der Waals surface area (Å²) < 4.78 is 42.8. The zero-order chi connectivity index (χ0) is 16.4. The Labute approximate surface area is 129 Å². The minimum atomic E-state index is -3.37. The molecule has 0 spiro atoms. The van der Waals surface area contributed by atoms with Crippen molar-refractivity contribution in [1.29, 1.82) is 0 Å². The molecule has 0 radical (unpaired) electrons. The van der Waals surface area contributed by atoms with Gasteiger partial charge in [-0.05, 0) is 24.6 Å². The fourth-order valence-corrected chi connectivity index (χ4v) is 3.11. The van der Waals surface area contributed by atoms with Gasteiger partial charge in [-0.2, -0.15) is 4.31 Å². The highest BCUT2D eigenvalue weighted by Gasteiger charge is 2.41. The number of halogens is 1. The van der Waals surface area contributed by atoms with Crippen LogP contribution < -0.4 is 5.32 Å². The van der Waals surface area contributed by atoms with Crippen LogP contribution in [0.1, 0.15) is 12.5 Å². The predicted molar refractivity (Wildman–Crippen MR) is 79.0 cm³/mol. The lowest BCUT2D eigenvalue weighted by Crippen LogP contribution is -2.59. The third-order valence-electron chi connectivity index (χ3n) is 3.56. The number of nitrogens with one attached hydrogen (secondary N) is 1. The molecular formula is C14H19FN2O4S. The molecule has 8 heteroatoms. The molecular weight excluding hydrogens is 311 g/mol. The standard InChI is InChI=1S/C14H19FN2O4S/c1-14(10-17(7-8-21-14)22(2,19)20)13(18)16-9-11-3-5-12(15)6-4-11/h3-6H,7-10H2,1-2H3,(H,16,18)/t14-/m0/s1. The van der Waals surface area contributed by atoms with Gasteiger partial charge in [0.05, 0.1) is 19.4 Å². The van der Waals surface area contributed by atoms with Crippen molar-refractivity contribution in [3.8, 4) is 0 Å². The summed E-state index contributed by atoms with van der Waals surface area (Å²) in [5.41, 5.74) is -0.490. The van der Waals surface area contributed by atoms with Crippen LogP contribution >= 0.6 is 0 Å². The minimum Gasteiger partial charge on any atom is -0.363 e. The van der Waals surface area contributed by atoms with Crippen molar-refractivity contribution in [2.75, 3.05) is 26.0 Å². The van der Waals surface area contributed by atoms with Crippen molar-refractivity contribution in [1.82, 2.24) is 9.62 Å². The monoisotopic (exact) mass is 330 g/mol. The van der Waals surface area contributed by atoms with Crippen molar-refractivity contribution < 1.29 is 22.3 Å². The Morgan fingerprint density at radius 2 is 2.05 bits per heavy atom. The minimum absolute atomic E-state index is 0.0267. The average Bonchev–Trinajstić information content (AvgIpc) is 2.45. The normalized spacial score (nSPS) is 23.2. The first-order chi connectivity index (χ1) is 10.2. The molecule has 1 fully saturated rings. The predicted octanol–water partition coefficient (Wildman–Crippen LogP) is 0.492. The third kappa shape index (κ3) is 4.02. The van der Waals surface area contributed by atoms with E-state index >= 15 is 0 Å². The van der Waals surface area contributed by atoms with Crippen LogP contribution in [0.25, 0.3) is 0 Å². The highest BCUT2D eigenvalue weighted by Crippen LogP contribution is 2.20. The molecule has 122 valence electrons. The number of hydrogen-bond acceptors (Lipinski definition) is 4. The van der Waals surface area contributed by atoms with Crippen LogP contribution in [0, 0.1) is 5.82 Å². The number of hydrogen-bond donors (Lipinski definition) is 1. The van der Waals surface area contributed by atoms with Crippen molar-refractivity contribution in [3.63, 3.8) is 0 Å². The van der Waals surface area contributed by atoms with Crippen molar-refractivity contribution >= 4 is 15.9 Å². The molecule has 0 saturated carbocycles. The van der Waals surface area contributed by atoms with Gasteiger partial charge in [0.2, 0.25) is 10.0 Å². The largest absolute Gasteiger partial charge is 0.363 e. The van der Waals surface area contributed by atoms with Gasteiger partial charge in [0.25, 0.3) is 5.91 Å². The number of sulfonamides is 1. The molecule has 1 aliphatic heterocycles. The Morgan fingerprint density at radius 1 is 1.41 bits per heavy atom. The summed E-state index contributed by atoms with van der Waals surface area (Å²) >= 11 is 0. The van der Waals surface area contributed by atoms with Gasteiger partial charge in [-0.15, -0.1) is 0 Å². The Hall–Kier alpha value is -1.51. The van der Waals surface area contributed by atoms with E-state index in [0.717, 1.165) is 11.8 Å².